The minimum absolute atomic E-state index is 0.662. The Kier molecular flexibility index (Phi) is 4.34. The van der Waals surface area contributed by atoms with Crippen molar-refractivity contribution in [1.29, 1.82) is 0 Å². The van der Waals surface area contributed by atoms with Crippen LogP contribution in [0.3, 0.4) is 0 Å². The van der Waals surface area contributed by atoms with E-state index in [1.807, 2.05) is 67.8 Å². The first-order valence-electron chi connectivity index (χ1n) is 6.85. The van der Waals surface area contributed by atoms with Gasteiger partial charge in [-0.25, -0.2) is 0 Å². The van der Waals surface area contributed by atoms with Gasteiger partial charge in [0.25, 0.3) is 0 Å². The number of azo groups is 1. The molecule has 3 rings (SSSR count). The van der Waals surface area contributed by atoms with Gasteiger partial charge < -0.3 is 4.52 Å². The van der Waals surface area contributed by atoms with Crippen LogP contribution >= 0.6 is 11.8 Å². The minimum Gasteiger partial charge on any atom is -0.347 e. The highest BCUT2D eigenvalue weighted by Gasteiger charge is 2.16. The molecule has 0 spiro atoms. The molecule has 22 heavy (non-hydrogen) atoms. The first kappa shape index (κ1) is 14.5. The van der Waals surface area contributed by atoms with Crippen LogP contribution in [0, 0.1) is 6.92 Å². The molecule has 2 aromatic carbocycles. The van der Waals surface area contributed by atoms with Gasteiger partial charge in [-0.1, -0.05) is 64.9 Å². The van der Waals surface area contributed by atoms with E-state index < -0.39 is 0 Å². The Morgan fingerprint density at radius 3 is 2.36 bits per heavy atom. The van der Waals surface area contributed by atoms with Crippen LogP contribution in [-0.2, 0) is 0 Å². The van der Waals surface area contributed by atoms with Gasteiger partial charge in [0, 0.05) is 5.56 Å². The molecule has 0 saturated heterocycles. The number of thioether (sulfide) groups is 1. The van der Waals surface area contributed by atoms with E-state index in [-0.39, 0.29) is 0 Å². The van der Waals surface area contributed by atoms with Crippen LogP contribution in [-0.4, -0.2) is 11.4 Å². The molecule has 1 heterocycles. The smallest absolute Gasteiger partial charge is 0.221 e. The highest BCUT2D eigenvalue weighted by Crippen LogP contribution is 2.38. The van der Waals surface area contributed by atoms with Crippen molar-refractivity contribution in [3.8, 4) is 11.3 Å². The van der Waals surface area contributed by atoms with Crippen molar-refractivity contribution in [2.75, 3.05) is 6.26 Å². The molecule has 0 bridgehead atoms. The largest absolute Gasteiger partial charge is 0.347 e. The van der Waals surface area contributed by atoms with Crippen molar-refractivity contribution < 1.29 is 4.52 Å². The minimum atomic E-state index is 0.662. The van der Waals surface area contributed by atoms with Crippen molar-refractivity contribution in [3.05, 3.63) is 60.2 Å². The Morgan fingerprint density at radius 1 is 0.955 bits per heavy atom. The second-order valence-electron chi connectivity index (χ2n) is 4.77. The predicted octanol–water partition coefficient (Wildman–Crippen LogP) is 5.79. The molecule has 0 aliphatic heterocycles. The van der Waals surface area contributed by atoms with Gasteiger partial charge in [-0.15, -0.1) is 5.11 Å². The van der Waals surface area contributed by atoms with E-state index in [2.05, 4.69) is 15.4 Å². The normalized spacial score (nSPS) is 11.2. The summed E-state index contributed by atoms with van der Waals surface area (Å²) < 4.78 is 5.37. The zero-order valence-electron chi connectivity index (χ0n) is 12.4. The van der Waals surface area contributed by atoms with Crippen LogP contribution in [0.2, 0.25) is 0 Å². The van der Waals surface area contributed by atoms with Crippen LogP contribution in [0.5, 0.6) is 0 Å². The molecule has 0 atom stereocenters. The lowest BCUT2D eigenvalue weighted by atomic mass is 10.1. The molecule has 0 fully saturated rings. The van der Waals surface area contributed by atoms with Gasteiger partial charge in [-0.3, -0.25) is 0 Å². The van der Waals surface area contributed by atoms with E-state index in [1.165, 1.54) is 17.3 Å². The maximum absolute atomic E-state index is 5.37. The van der Waals surface area contributed by atoms with Gasteiger partial charge in [-0.05, 0) is 25.3 Å². The third kappa shape index (κ3) is 3.09. The number of aryl methyl sites for hydroxylation is 1. The summed E-state index contributed by atoms with van der Waals surface area (Å²) in [5.41, 5.74) is 4.33. The number of nitrogens with zero attached hydrogens (tertiary/aromatic N) is 3. The van der Waals surface area contributed by atoms with E-state index in [9.17, 15) is 0 Å². The summed E-state index contributed by atoms with van der Waals surface area (Å²) >= 11 is 1.47. The van der Waals surface area contributed by atoms with Gasteiger partial charge in [0.1, 0.15) is 5.69 Å². The van der Waals surface area contributed by atoms with Crippen LogP contribution in [0.15, 0.2) is 74.4 Å². The standard InChI is InChI=1S/C17H15N3OS/c1-12-8-10-14(11-9-12)18-19-16-15(20-21-17(16)22-2)13-6-4-3-5-7-13/h3-11H,1-2H3. The summed E-state index contributed by atoms with van der Waals surface area (Å²) in [4.78, 5) is 0. The van der Waals surface area contributed by atoms with Crippen molar-refractivity contribution in [2.24, 2.45) is 10.2 Å². The summed E-state index contributed by atoms with van der Waals surface area (Å²) in [7, 11) is 0. The Morgan fingerprint density at radius 2 is 1.68 bits per heavy atom. The summed E-state index contributed by atoms with van der Waals surface area (Å²) in [5.74, 6) is 0. The van der Waals surface area contributed by atoms with E-state index >= 15 is 0 Å². The monoisotopic (exact) mass is 309 g/mol. The summed E-state index contributed by atoms with van der Waals surface area (Å²) in [5, 5.41) is 13.5. The average molecular weight is 309 g/mol. The Labute approximate surface area is 133 Å². The SMILES string of the molecule is CSc1onc(-c2ccccc2)c1N=Nc1ccc(C)cc1. The van der Waals surface area contributed by atoms with Gasteiger partial charge in [0.05, 0.1) is 5.69 Å². The zero-order valence-corrected chi connectivity index (χ0v) is 13.2. The maximum atomic E-state index is 5.37. The van der Waals surface area contributed by atoms with E-state index in [1.54, 1.807) is 0 Å². The van der Waals surface area contributed by atoms with E-state index in [4.69, 9.17) is 4.52 Å². The van der Waals surface area contributed by atoms with E-state index in [0.29, 0.717) is 16.5 Å². The van der Waals surface area contributed by atoms with Crippen LogP contribution in [0.4, 0.5) is 11.4 Å². The molecule has 3 aromatic rings. The Hall–Kier alpha value is -2.40. The maximum Gasteiger partial charge on any atom is 0.221 e. The van der Waals surface area contributed by atoms with Gasteiger partial charge in [0.2, 0.25) is 5.09 Å². The van der Waals surface area contributed by atoms with Crippen molar-refractivity contribution in [2.45, 2.75) is 12.0 Å². The topological polar surface area (TPSA) is 50.8 Å². The number of benzene rings is 2. The first-order chi connectivity index (χ1) is 10.8. The van der Waals surface area contributed by atoms with Crippen molar-refractivity contribution >= 4 is 23.1 Å². The predicted molar refractivity (Wildman–Crippen MR) is 89.1 cm³/mol. The summed E-state index contributed by atoms with van der Waals surface area (Å²) in [6.45, 7) is 2.04. The highest BCUT2D eigenvalue weighted by molar-refractivity contribution is 7.98. The van der Waals surface area contributed by atoms with Crippen molar-refractivity contribution in [1.82, 2.24) is 5.16 Å². The molecule has 0 amide bonds. The molecule has 110 valence electrons. The number of aromatic nitrogens is 1. The third-order valence-corrected chi connectivity index (χ3v) is 3.81. The fourth-order valence-electron chi connectivity index (χ4n) is 2.00. The molecule has 0 radical (unpaired) electrons. The lowest BCUT2D eigenvalue weighted by Crippen LogP contribution is -1.76. The fourth-order valence-corrected chi connectivity index (χ4v) is 2.44. The molecule has 0 aliphatic carbocycles. The average Bonchev–Trinajstić information content (AvgIpc) is 2.98. The molecular formula is C17H15N3OS. The number of rotatable bonds is 4. The molecule has 0 N–H and O–H groups in total. The first-order valence-corrected chi connectivity index (χ1v) is 8.08. The van der Waals surface area contributed by atoms with Gasteiger partial charge >= 0.3 is 0 Å². The number of hydrogen-bond donors (Lipinski definition) is 0. The molecule has 4 nitrogen and oxygen atoms in total. The molecule has 0 saturated carbocycles. The van der Waals surface area contributed by atoms with Crippen LogP contribution in [0.1, 0.15) is 5.56 Å². The van der Waals surface area contributed by atoms with Gasteiger partial charge in [-0.2, -0.15) is 5.11 Å². The van der Waals surface area contributed by atoms with Crippen LogP contribution < -0.4 is 0 Å². The second-order valence-corrected chi connectivity index (χ2v) is 5.55. The second kappa shape index (κ2) is 6.58. The fraction of sp³-hybridized carbons (Fsp3) is 0.118. The molecule has 0 unspecified atom stereocenters. The highest BCUT2D eigenvalue weighted by atomic mass is 32.2. The lowest BCUT2D eigenvalue weighted by molar-refractivity contribution is 0.352. The zero-order chi connectivity index (χ0) is 15.4. The quantitative estimate of drug-likeness (QED) is 0.453. The summed E-state index contributed by atoms with van der Waals surface area (Å²) in [6.07, 6.45) is 1.93. The third-order valence-electron chi connectivity index (χ3n) is 3.17. The Bertz CT molecular complexity index is 779. The van der Waals surface area contributed by atoms with E-state index in [0.717, 1.165) is 11.3 Å². The summed E-state index contributed by atoms with van der Waals surface area (Å²) in [6, 6.07) is 17.7. The molecule has 5 heteroatoms. The number of hydrogen-bond acceptors (Lipinski definition) is 5. The molecular weight excluding hydrogens is 294 g/mol. The Balaban J connectivity index is 1.98. The van der Waals surface area contributed by atoms with Gasteiger partial charge in [0.15, 0.2) is 5.69 Å². The molecule has 0 aliphatic rings. The lowest BCUT2D eigenvalue weighted by Gasteiger charge is -1.97. The molecule has 1 aromatic heterocycles. The van der Waals surface area contributed by atoms with Crippen molar-refractivity contribution in [3.63, 3.8) is 0 Å². The van der Waals surface area contributed by atoms with Crippen LogP contribution in [0.25, 0.3) is 11.3 Å².